The average molecular weight is 257 g/mol. The highest BCUT2D eigenvalue weighted by atomic mass is 14.9. The molecule has 0 aliphatic heterocycles. The Morgan fingerprint density at radius 1 is 1.21 bits per heavy atom. The van der Waals surface area contributed by atoms with Gasteiger partial charge in [0.15, 0.2) is 0 Å². The van der Waals surface area contributed by atoms with E-state index >= 15 is 0 Å². The van der Waals surface area contributed by atoms with Crippen LogP contribution in [0.25, 0.3) is 10.9 Å². The minimum atomic E-state index is 0.434. The van der Waals surface area contributed by atoms with Crippen molar-refractivity contribution in [3.63, 3.8) is 0 Å². The number of anilines is 2. The Bertz CT molecular complexity index is 547. The largest absolute Gasteiger partial charge is 0.398 e. The van der Waals surface area contributed by atoms with Crippen molar-refractivity contribution < 1.29 is 0 Å². The number of hydrogen-bond acceptors (Lipinski definition) is 3. The molecule has 1 unspecified atom stereocenters. The molecule has 3 heteroatoms. The Labute approximate surface area is 115 Å². The number of rotatable bonds is 5. The van der Waals surface area contributed by atoms with Crippen molar-refractivity contribution in [1.82, 2.24) is 4.98 Å². The summed E-state index contributed by atoms with van der Waals surface area (Å²) < 4.78 is 0. The molecular weight excluding hydrogens is 234 g/mol. The predicted octanol–water partition coefficient (Wildman–Crippen LogP) is 4.05. The van der Waals surface area contributed by atoms with Gasteiger partial charge >= 0.3 is 0 Å². The second kappa shape index (κ2) is 5.91. The van der Waals surface area contributed by atoms with E-state index in [2.05, 4.69) is 31.1 Å². The van der Waals surface area contributed by atoms with Gasteiger partial charge in [0.25, 0.3) is 0 Å². The van der Waals surface area contributed by atoms with Gasteiger partial charge in [0.1, 0.15) is 0 Å². The van der Waals surface area contributed by atoms with Crippen LogP contribution in [-0.4, -0.2) is 11.0 Å². The summed E-state index contributed by atoms with van der Waals surface area (Å²) in [7, 11) is 0. The lowest BCUT2D eigenvalue weighted by atomic mass is 9.95. The fourth-order valence-electron chi connectivity index (χ4n) is 2.67. The molecule has 3 N–H and O–H groups in total. The van der Waals surface area contributed by atoms with Crippen LogP contribution in [0, 0.1) is 5.92 Å². The van der Waals surface area contributed by atoms with Gasteiger partial charge in [-0.25, -0.2) is 0 Å². The molecule has 102 valence electrons. The third-order valence-corrected chi connectivity index (χ3v) is 3.94. The molecule has 3 nitrogen and oxygen atoms in total. The average Bonchev–Trinajstić information content (AvgIpc) is 2.44. The third kappa shape index (κ3) is 2.80. The van der Waals surface area contributed by atoms with Gasteiger partial charge in [0, 0.05) is 23.3 Å². The molecule has 19 heavy (non-hydrogen) atoms. The first-order valence-electron chi connectivity index (χ1n) is 7.07. The molecular formula is C16H23N3. The maximum absolute atomic E-state index is 6.00. The van der Waals surface area contributed by atoms with E-state index in [0.717, 1.165) is 22.3 Å². The zero-order chi connectivity index (χ0) is 13.8. The minimum absolute atomic E-state index is 0.434. The van der Waals surface area contributed by atoms with Crippen molar-refractivity contribution in [3.8, 4) is 0 Å². The van der Waals surface area contributed by atoms with Gasteiger partial charge < -0.3 is 11.1 Å². The molecule has 0 aliphatic rings. The van der Waals surface area contributed by atoms with Crippen LogP contribution >= 0.6 is 0 Å². The van der Waals surface area contributed by atoms with Crippen LogP contribution in [-0.2, 0) is 0 Å². The van der Waals surface area contributed by atoms with Crippen molar-refractivity contribution in [3.05, 3.63) is 30.5 Å². The van der Waals surface area contributed by atoms with Gasteiger partial charge in [-0.05, 0) is 37.1 Å². The predicted molar refractivity (Wildman–Crippen MR) is 83.3 cm³/mol. The summed E-state index contributed by atoms with van der Waals surface area (Å²) in [6.07, 6.45) is 4.19. The summed E-state index contributed by atoms with van der Waals surface area (Å²) in [5, 5.41) is 4.61. The van der Waals surface area contributed by atoms with Crippen molar-refractivity contribution in [1.29, 1.82) is 0 Å². The molecule has 0 bridgehead atoms. The van der Waals surface area contributed by atoms with E-state index in [-0.39, 0.29) is 0 Å². The Morgan fingerprint density at radius 2 is 1.95 bits per heavy atom. The lowest BCUT2D eigenvalue weighted by Crippen LogP contribution is -2.25. The Kier molecular flexibility index (Phi) is 4.25. The molecule has 1 aromatic carbocycles. The van der Waals surface area contributed by atoms with Crippen LogP contribution in [0.2, 0.25) is 0 Å². The number of aromatic nitrogens is 1. The number of benzene rings is 1. The van der Waals surface area contributed by atoms with Crippen LogP contribution in [0.1, 0.15) is 33.6 Å². The Hall–Kier alpha value is -1.77. The summed E-state index contributed by atoms with van der Waals surface area (Å²) in [6, 6.07) is 8.36. The van der Waals surface area contributed by atoms with E-state index in [1.165, 1.54) is 12.8 Å². The Morgan fingerprint density at radius 3 is 2.63 bits per heavy atom. The summed E-state index contributed by atoms with van der Waals surface area (Å²) in [5.41, 5.74) is 8.81. The Balaban J connectivity index is 2.33. The smallest absolute Gasteiger partial charge is 0.0953 e. The molecule has 1 atom stereocenters. The normalized spacial score (nSPS) is 12.8. The highest BCUT2D eigenvalue weighted by Gasteiger charge is 2.14. The molecule has 0 saturated carbocycles. The zero-order valence-electron chi connectivity index (χ0n) is 12.0. The van der Waals surface area contributed by atoms with E-state index in [0.29, 0.717) is 12.0 Å². The van der Waals surface area contributed by atoms with Gasteiger partial charge in [0.05, 0.1) is 11.2 Å². The van der Waals surface area contributed by atoms with E-state index in [1.807, 2.05) is 30.5 Å². The van der Waals surface area contributed by atoms with Gasteiger partial charge in [-0.1, -0.05) is 26.7 Å². The van der Waals surface area contributed by atoms with Gasteiger partial charge in [-0.2, -0.15) is 0 Å². The van der Waals surface area contributed by atoms with Crippen LogP contribution in [0.5, 0.6) is 0 Å². The number of nitrogens with two attached hydrogens (primary N) is 1. The van der Waals surface area contributed by atoms with E-state index in [1.54, 1.807) is 0 Å². The highest BCUT2D eigenvalue weighted by Crippen LogP contribution is 2.28. The van der Waals surface area contributed by atoms with Crippen molar-refractivity contribution in [2.24, 2.45) is 5.92 Å². The molecule has 0 fully saturated rings. The minimum Gasteiger partial charge on any atom is -0.398 e. The van der Waals surface area contributed by atoms with Crippen molar-refractivity contribution in [2.45, 2.75) is 39.7 Å². The molecule has 2 rings (SSSR count). The lowest BCUT2D eigenvalue weighted by molar-refractivity contribution is 0.438. The first kappa shape index (κ1) is 13.7. The molecule has 0 radical (unpaired) electrons. The van der Waals surface area contributed by atoms with Crippen LogP contribution < -0.4 is 11.1 Å². The maximum Gasteiger partial charge on any atom is 0.0953 e. The quantitative estimate of drug-likeness (QED) is 0.794. The summed E-state index contributed by atoms with van der Waals surface area (Å²) >= 11 is 0. The second-order valence-corrected chi connectivity index (χ2v) is 5.11. The first-order valence-corrected chi connectivity index (χ1v) is 7.07. The summed E-state index contributed by atoms with van der Waals surface area (Å²) in [4.78, 5) is 4.46. The molecule has 0 aliphatic carbocycles. The fraction of sp³-hybridized carbons (Fsp3) is 0.438. The number of pyridine rings is 1. The number of nitrogens with one attached hydrogen (secondary N) is 1. The molecule has 1 heterocycles. The number of nitrogens with zero attached hydrogens (tertiary/aromatic N) is 1. The highest BCUT2D eigenvalue weighted by molar-refractivity contribution is 5.98. The number of nitrogen functional groups attached to an aromatic ring is 1. The number of fused-ring (bicyclic) bond motifs is 1. The molecule has 1 aromatic heterocycles. The standard InChI is InChI=1S/C16H23N3/c1-4-12(5-2)11(3)19-15-9-8-14(17)13-7-6-10-18-16(13)15/h6-12,19H,4-5,17H2,1-3H3. The monoisotopic (exact) mass is 257 g/mol. The molecule has 0 saturated heterocycles. The van der Waals surface area contributed by atoms with E-state index < -0.39 is 0 Å². The lowest BCUT2D eigenvalue weighted by Gasteiger charge is -2.24. The van der Waals surface area contributed by atoms with Gasteiger partial charge in [-0.3, -0.25) is 4.98 Å². The van der Waals surface area contributed by atoms with Crippen molar-refractivity contribution >= 4 is 22.3 Å². The van der Waals surface area contributed by atoms with Crippen molar-refractivity contribution in [2.75, 3.05) is 11.1 Å². The zero-order valence-corrected chi connectivity index (χ0v) is 12.0. The van der Waals surface area contributed by atoms with Gasteiger partial charge in [0.2, 0.25) is 0 Å². The molecule has 2 aromatic rings. The van der Waals surface area contributed by atoms with Crippen LogP contribution in [0.3, 0.4) is 0 Å². The van der Waals surface area contributed by atoms with Crippen LogP contribution in [0.4, 0.5) is 11.4 Å². The van der Waals surface area contributed by atoms with E-state index in [9.17, 15) is 0 Å². The summed E-state index contributed by atoms with van der Waals surface area (Å²) in [6.45, 7) is 6.72. The SMILES string of the molecule is CCC(CC)C(C)Nc1ccc(N)c2cccnc12. The fourth-order valence-corrected chi connectivity index (χ4v) is 2.67. The van der Waals surface area contributed by atoms with E-state index in [4.69, 9.17) is 5.73 Å². The molecule has 0 amide bonds. The topological polar surface area (TPSA) is 50.9 Å². The van der Waals surface area contributed by atoms with Gasteiger partial charge in [-0.15, -0.1) is 0 Å². The van der Waals surface area contributed by atoms with Crippen LogP contribution in [0.15, 0.2) is 30.5 Å². The summed E-state index contributed by atoms with van der Waals surface area (Å²) in [5.74, 6) is 0.677. The second-order valence-electron chi connectivity index (χ2n) is 5.11. The maximum atomic E-state index is 6.00. The third-order valence-electron chi connectivity index (χ3n) is 3.94. The first-order chi connectivity index (χ1) is 9.17. The molecule has 0 spiro atoms. The number of hydrogen-bond donors (Lipinski definition) is 2.